The zero-order chi connectivity index (χ0) is 19.5. The lowest BCUT2D eigenvalue weighted by Gasteiger charge is -2.26. The summed E-state index contributed by atoms with van der Waals surface area (Å²) in [5, 5.41) is 8.06. The number of nitrogens with zero attached hydrogens (tertiary/aromatic N) is 4. The van der Waals surface area contributed by atoms with Crippen molar-refractivity contribution in [3.8, 4) is 11.3 Å². The molecule has 5 rings (SSSR count). The Morgan fingerprint density at radius 1 is 1.25 bits per heavy atom. The number of fused-ring (bicyclic) bond motifs is 3. The number of carbonyl (C=O) groups excluding carboxylic acids is 1. The molecule has 1 spiro atoms. The van der Waals surface area contributed by atoms with Gasteiger partial charge in [0.05, 0.1) is 5.69 Å². The second-order valence-electron chi connectivity index (χ2n) is 8.86. The summed E-state index contributed by atoms with van der Waals surface area (Å²) in [6, 6.07) is 6.45. The van der Waals surface area contributed by atoms with Crippen LogP contribution in [0.1, 0.15) is 39.3 Å². The van der Waals surface area contributed by atoms with Crippen LogP contribution in [0, 0.1) is 0 Å². The van der Waals surface area contributed by atoms with Gasteiger partial charge in [-0.2, -0.15) is 5.10 Å². The second-order valence-corrected chi connectivity index (χ2v) is 9.75. The maximum Gasteiger partial charge on any atom is 0.410 e. The van der Waals surface area contributed by atoms with Gasteiger partial charge in [0, 0.05) is 47.9 Å². The van der Waals surface area contributed by atoms with Crippen molar-refractivity contribution < 1.29 is 9.53 Å². The number of aromatic nitrogens is 3. The lowest BCUT2D eigenvalue weighted by molar-refractivity contribution is 0.0284. The minimum Gasteiger partial charge on any atom is -0.444 e. The smallest absolute Gasteiger partial charge is 0.410 e. The van der Waals surface area contributed by atoms with Crippen LogP contribution in [-0.2, 0) is 16.7 Å². The summed E-state index contributed by atoms with van der Waals surface area (Å²) in [6.07, 6.45) is 3.68. The van der Waals surface area contributed by atoms with Crippen LogP contribution in [0.3, 0.4) is 0 Å². The molecule has 0 aromatic carbocycles. The Balaban J connectivity index is 1.42. The van der Waals surface area contributed by atoms with Gasteiger partial charge in [-0.15, -0.1) is 11.3 Å². The van der Waals surface area contributed by atoms with Crippen molar-refractivity contribution in [1.29, 1.82) is 0 Å². The molecule has 0 N–H and O–H groups in total. The van der Waals surface area contributed by atoms with Crippen LogP contribution in [0.4, 0.5) is 4.79 Å². The summed E-state index contributed by atoms with van der Waals surface area (Å²) in [5.74, 6) is 0. The van der Waals surface area contributed by atoms with E-state index in [1.807, 2.05) is 31.9 Å². The molecule has 7 heteroatoms. The highest BCUT2D eigenvalue weighted by molar-refractivity contribution is 7.16. The first-order valence-corrected chi connectivity index (χ1v) is 10.6. The number of hydrogen-bond donors (Lipinski definition) is 0. The Bertz CT molecular complexity index is 1060. The van der Waals surface area contributed by atoms with Crippen molar-refractivity contribution >= 4 is 27.6 Å². The zero-order valence-electron chi connectivity index (χ0n) is 16.4. The maximum absolute atomic E-state index is 12.5. The van der Waals surface area contributed by atoms with Crippen LogP contribution in [0.25, 0.3) is 21.5 Å². The number of rotatable bonds is 1. The second kappa shape index (κ2) is 6.04. The monoisotopic (exact) mass is 396 g/mol. The van der Waals surface area contributed by atoms with E-state index in [9.17, 15) is 4.79 Å². The molecule has 3 aromatic rings. The quantitative estimate of drug-likeness (QED) is 0.610. The van der Waals surface area contributed by atoms with Gasteiger partial charge in [-0.1, -0.05) is 0 Å². The van der Waals surface area contributed by atoms with E-state index in [1.54, 1.807) is 11.3 Å². The van der Waals surface area contributed by atoms with Crippen molar-refractivity contribution in [3.05, 3.63) is 35.5 Å². The number of thiophene rings is 1. The van der Waals surface area contributed by atoms with E-state index in [4.69, 9.17) is 9.84 Å². The first kappa shape index (κ1) is 17.7. The molecule has 1 atom stereocenters. The van der Waals surface area contributed by atoms with Gasteiger partial charge in [-0.3, -0.25) is 4.68 Å². The largest absolute Gasteiger partial charge is 0.444 e. The Kier molecular flexibility index (Phi) is 3.81. The minimum atomic E-state index is -0.468. The molecule has 0 saturated carbocycles. The molecule has 5 heterocycles. The van der Waals surface area contributed by atoms with E-state index < -0.39 is 5.60 Å². The molecule has 2 aliphatic heterocycles. The SMILES string of the molecule is CC(C)(C)OC(=O)N1CCC2(CCn3nc(-c4cnc5sccc5c4)cc32)C1. The van der Waals surface area contributed by atoms with E-state index >= 15 is 0 Å². The molecule has 2 aliphatic rings. The third kappa shape index (κ3) is 2.89. The fraction of sp³-hybridized carbons (Fsp3) is 0.476. The number of pyridine rings is 1. The predicted molar refractivity (Wildman–Crippen MR) is 110 cm³/mol. The normalized spacial score (nSPS) is 21.6. The Morgan fingerprint density at radius 3 is 2.89 bits per heavy atom. The van der Waals surface area contributed by atoms with Crippen LogP contribution in [0.2, 0.25) is 0 Å². The van der Waals surface area contributed by atoms with Crippen molar-refractivity contribution in [2.45, 2.75) is 51.2 Å². The average Bonchev–Trinajstić information content (AvgIpc) is 3.38. The topological polar surface area (TPSA) is 60.2 Å². The summed E-state index contributed by atoms with van der Waals surface area (Å²) in [7, 11) is 0. The number of aryl methyl sites for hydroxylation is 1. The highest BCUT2D eigenvalue weighted by Gasteiger charge is 2.47. The van der Waals surface area contributed by atoms with E-state index in [-0.39, 0.29) is 11.5 Å². The Morgan fingerprint density at radius 2 is 2.07 bits per heavy atom. The predicted octanol–water partition coefficient (Wildman–Crippen LogP) is 4.44. The first-order chi connectivity index (χ1) is 13.3. The summed E-state index contributed by atoms with van der Waals surface area (Å²) in [6.45, 7) is 8.06. The van der Waals surface area contributed by atoms with Gasteiger partial charge < -0.3 is 9.64 Å². The van der Waals surface area contributed by atoms with Gasteiger partial charge in [0.25, 0.3) is 0 Å². The summed E-state index contributed by atoms with van der Waals surface area (Å²) in [4.78, 5) is 20.0. The molecule has 0 radical (unpaired) electrons. The molecule has 0 aliphatic carbocycles. The molecular weight excluding hydrogens is 372 g/mol. The Labute approximate surface area is 168 Å². The fourth-order valence-electron chi connectivity index (χ4n) is 4.37. The molecular formula is C21H24N4O2S. The average molecular weight is 397 g/mol. The molecule has 1 fully saturated rings. The van der Waals surface area contributed by atoms with Crippen LogP contribution < -0.4 is 0 Å². The maximum atomic E-state index is 12.5. The molecule has 146 valence electrons. The fourth-order valence-corrected chi connectivity index (χ4v) is 5.09. The van der Waals surface area contributed by atoms with Gasteiger partial charge in [0.15, 0.2) is 0 Å². The Hall–Kier alpha value is -2.41. The summed E-state index contributed by atoms with van der Waals surface area (Å²) in [5.41, 5.74) is 2.77. The van der Waals surface area contributed by atoms with Gasteiger partial charge in [-0.05, 0) is 57.2 Å². The van der Waals surface area contributed by atoms with E-state index in [1.165, 1.54) is 5.69 Å². The number of ether oxygens (including phenoxy) is 1. The molecule has 6 nitrogen and oxygen atoms in total. The van der Waals surface area contributed by atoms with Gasteiger partial charge in [-0.25, -0.2) is 9.78 Å². The van der Waals surface area contributed by atoms with Crippen LogP contribution in [0.15, 0.2) is 29.8 Å². The lowest BCUT2D eigenvalue weighted by atomic mass is 9.82. The molecule has 3 aromatic heterocycles. The standard InChI is InChI=1S/C21H24N4O2S/c1-20(2,3)27-19(26)24-7-5-21(13-24)6-8-25-17(21)11-16(23-25)15-10-14-4-9-28-18(14)22-12-15/h4,9-12H,5-8,13H2,1-3H3. The minimum absolute atomic E-state index is 0.0118. The number of hydrogen-bond acceptors (Lipinski definition) is 5. The van der Waals surface area contributed by atoms with Crippen molar-refractivity contribution in [2.75, 3.05) is 13.1 Å². The molecule has 1 amide bonds. The van der Waals surface area contributed by atoms with Gasteiger partial charge in [0.2, 0.25) is 0 Å². The van der Waals surface area contributed by atoms with Crippen molar-refractivity contribution in [3.63, 3.8) is 0 Å². The number of likely N-dealkylation sites (tertiary alicyclic amines) is 1. The van der Waals surface area contributed by atoms with E-state index in [2.05, 4.69) is 33.2 Å². The third-order valence-electron chi connectivity index (χ3n) is 5.73. The molecule has 28 heavy (non-hydrogen) atoms. The van der Waals surface area contributed by atoms with Crippen molar-refractivity contribution in [1.82, 2.24) is 19.7 Å². The zero-order valence-corrected chi connectivity index (χ0v) is 17.3. The summed E-state index contributed by atoms with van der Waals surface area (Å²) >= 11 is 1.65. The van der Waals surface area contributed by atoms with Crippen LogP contribution in [-0.4, -0.2) is 44.4 Å². The number of carbonyl (C=O) groups is 1. The molecule has 1 saturated heterocycles. The summed E-state index contributed by atoms with van der Waals surface area (Å²) < 4.78 is 7.69. The highest BCUT2D eigenvalue weighted by atomic mass is 32.1. The van der Waals surface area contributed by atoms with E-state index in [0.717, 1.165) is 47.4 Å². The number of amides is 1. The van der Waals surface area contributed by atoms with E-state index in [0.29, 0.717) is 6.54 Å². The first-order valence-electron chi connectivity index (χ1n) is 9.73. The van der Waals surface area contributed by atoms with Crippen LogP contribution in [0.5, 0.6) is 0 Å². The van der Waals surface area contributed by atoms with Crippen molar-refractivity contribution in [2.24, 2.45) is 0 Å². The molecule has 0 bridgehead atoms. The van der Waals surface area contributed by atoms with Gasteiger partial charge in [0.1, 0.15) is 10.4 Å². The van der Waals surface area contributed by atoms with Gasteiger partial charge >= 0.3 is 6.09 Å². The third-order valence-corrected chi connectivity index (χ3v) is 6.57. The highest BCUT2D eigenvalue weighted by Crippen LogP contribution is 2.44. The van der Waals surface area contributed by atoms with Crippen LogP contribution >= 0.6 is 11.3 Å². The lowest BCUT2D eigenvalue weighted by Crippen LogP contribution is -2.37. The molecule has 1 unspecified atom stereocenters.